The normalized spacial score (nSPS) is 31.1. The van der Waals surface area contributed by atoms with Gasteiger partial charge < -0.3 is 4.84 Å². The van der Waals surface area contributed by atoms with E-state index in [9.17, 15) is 13.2 Å². The van der Waals surface area contributed by atoms with E-state index in [4.69, 9.17) is 0 Å². The lowest BCUT2D eigenvalue weighted by molar-refractivity contribution is -0.174. The number of nitrogens with zero attached hydrogens (tertiary/aromatic N) is 2. The van der Waals surface area contributed by atoms with Crippen molar-refractivity contribution < 1.29 is 18.0 Å². The summed E-state index contributed by atoms with van der Waals surface area (Å²) in [6.45, 7) is -1.29. The summed E-state index contributed by atoms with van der Waals surface area (Å²) in [6, 6.07) is 0.911. The molecule has 0 aromatic carbocycles. The molecule has 0 aromatic rings. The second kappa shape index (κ2) is 3.66. The molecular weight excluding hydrogens is 209 g/mol. The molecule has 0 amide bonds. The first-order chi connectivity index (χ1) is 6.96. The van der Waals surface area contributed by atoms with Crippen LogP contribution in [0.1, 0.15) is 19.3 Å². The molecule has 2 heterocycles. The van der Waals surface area contributed by atoms with Crippen LogP contribution >= 0.6 is 0 Å². The van der Waals surface area contributed by atoms with Crippen LogP contribution in [-0.2, 0) is 4.84 Å². The minimum absolute atomic E-state index is 0.456. The van der Waals surface area contributed by atoms with Crippen LogP contribution in [0.25, 0.3) is 0 Å². The van der Waals surface area contributed by atoms with Crippen molar-refractivity contribution in [3.05, 3.63) is 0 Å². The summed E-state index contributed by atoms with van der Waals surface area (Å²) in [5.74, 6) is 0. The first-order valence-corrected chi connectivity index (χ1v) is 4.92. The van der Waals surface area contributed by atoms with Crippen LogP contribution in [0.4, 0.5) is 13.2 Å². The number of hydrogen-bond donors (Lipinski definition) is 0. The number of fused-ring (bicyclic) bond motifs is 2. The molecule has 0 aromatic heterocycles. The van der Waals surface area contributed by atoms with Gasteiger partial charge in [-0.1, -0.05) is 5.16 Å². The Kier molecular flexibility index (Phi) is 2.62. The first-order valence-electron chi connectivity index (χ1n) is 4.92. The lowest BCUT2D eigenvalue weighted by Crippen LogP contribution is -2.58. The molecule has 3 nitrogen and oxygen atoms in total. The highest BCUT2D eigenvalue weighted by Crippen LogP contribution is 2.35. The minimum Gasteiger partial charge on any atom is -0.386 e. The fraction of sp³-hybridized carbons (Fsp3) is 0.889. The Bertz CT molecular complexity index is 263. The predicted octanol–water partition coefficient (Wildman–Crippen LogP) is 1.79. The standard InChI is InChI=1S/C9H13F3N2O/c1-14-7-2-6(3-8(14)4-7)13-15-5-9(10,11)12/h7-8H,2-5H2,1H3. The van der Waals surface area contributed by atoms with Crippen molar-refractivity contribution in [2.24, 2.45) is 5.16 Å². The van der Waals surface area contributed by atoms with Gasteiger partial charge in [-0.05, 0) is 13.5 Å². The van der Waals surface area contributed by atoms with E-state index in [0.29, 0.717) is 12.1 Å². The third kappa shape index (κ3) is 2.42. The highest BCUT2D eigenvalue weighted by atomic mass is 19.4. The molecule has 2 bridgehead atoms. The molecule has 15 heavy (non-hydrogen) atoms. The smallest absolute Gasteiger partial charge is 0.386 e. The van der Waals surface area contributed by atoms with Crippen molar-refractivity contribution in [1.82, 2.24) is 4.90 Å². The Morgan fingerprint density at radius 3 is 2.47 bits per heavy atom. The van der Waals surface area contributed by atoms with Crippen molar-refractivity contribution in [2.45, 2.75) is 37.5 Å². The van der Waals surface area contributed by atoms with Gasteiger partial charge in [-0.15, -0.1) is 0 Å². The molecule has 6 heteroatoms. The van der Waals surface area contributed by atoms with E-state index >= 15 is 0 Å². The number of halogens is 3. The quantitative estimate of drug-likeness (QED) is 0.665. The van der Waals surface area contributed by atoms with Gasteiger partial charge in [0.25, 0.3) is 0 Å². The van der Waals surface area contributed by atoms with Gasteiger partial charge in [0.05, 0.1) is 5.71 Å². The van der Waals surface area contributed by atoms with E-state index in [-0.39, 0.29) is 0 Å². The second-order valence-corrected chi connectivity index (χ2v) is 4.16. The predicted molar refractivity (Wildman–Crippen MR) is 48.6 cm³/mol. The van der Waals surface area contributed by atoms with Gasteiger partial charge in [-0.2, -0.15) is 13.2 Å². The maximum absolute atomic E-state index is 11.8. The average molecular weight is 222 g/mol. The van der Waals surface area contributed by atoms with Crippen molar-refractivity contribution in [1.29, 1.82) is 0 Å². The fourth-order valence-electron chi connectivity index (χ4n) is 2.16. The molecule has 2 atom stereocenters. The SMILES string of the molecule is CN1C2CC(=NOCC(F)(F)F)CC1C2. The van der Waals surface area contributed by atoms with Crippen LogP contribution in [0, 0.1) is 0 Å². The van der Waals surface area contributed by atoms with Crippen molar-refractivity contribution in [2.75, 3.05) is 13.7 Å². The van der Waals surface area contributed by atoms with Crippen molar-refractivity contribution in [3.8, 4) is 0 Å². The number of hydrogen-bond acceptors (Lipinski definition) is 3. The largest absolute Gasteiger partial charge is 0.425 e. The summed E-state index contributed by atoms with van der Waals surface area (Å²) in [4.78, 5) is 6.52. The molecule has 2 aliphatic heterocycles. The van der Waals surface area contributed by atoms with Gasteiger partial charge in [0.2, 0.25) is 6.61 Å². The molecule has 0 spiro atoms. The topological polar surface area (TPSA) is 24.8 Å². The molecular formula is C9H13F3N2O. The summed E-state index contributed by atoms with van der Waals surface area (Å²) in [7, 11) is 2.03. The third-order valence-electron chi connectivity index (χ3n) is 3.06. The van der Waals surface area contributed by atoms with E-state index in [0.717, 1.165) is 25.0 Å². The Labute approximate surface area is 85.9 Å². The molecule has 86 valence electrons. The van der Waals surface area contributed by atoms with E-state index in [1.165, 1.54) is 0 Å². The molecule has 1 saturated carbocycles. The lowest BCUT2D eigenvalue weighted by atomic mass is 9.79. The van der Waals surface area contributed by atoms with Gasteiger partial charge in [0.15, 0.2) is 0 Å². The Balaban J connectivity index is 1.79. The number of oxime groups is 1. The van der Waals surface area contributed by atoms with E-state index in [1.807, 2.05) is 7.05 Å². The van der Waals surface area contributed by atoms with Crippen LogP contribution in [0.3, 0.4) is 0 Å². The highest BCUT2D eigenvalue weighted by molar-refractivity contribution is 5.86. The fourth-order valence-corrected chi connectivity index (χ4v) is 2.16. The number of rotatable bonds is 2. The Hall–Kier alpha value is -0.780. The van der Waals surface area contributed by atoms with Gasteiger partial charge in [0, 0.05) is 24.9 Å². The van der Waals surface area contributed by atoms with Crippen LogP contribution < -0.4 is 0 Å². The van der Waals surface area contributed by atoms with Gasteiger partial charge in [-0.3, -0.25) is 4.90 Å². The maximum Gasteiger partial charge on any atom is 0.425 e. The van der Waals surface area contributed by atoms with E-state index < -0.39 is 12.8 Å². The zero-order valence-corrected chi connectivity index (χ0v) is 8.42. The van der Waals surface area contributed by atoms with Crippen LogP contribution in [0.15, 0.2) is 5.16 Å². The van der Waals surface area contributed by atoms with Crippen LogP contribution in [0.5, 0.6) is 0 Å². The molecule has 0 N–H and O–H groups in total. The molecule has 3 rings (SSSR count). The third-order valence-corrected chi connectivity index (χ3v) is 3.06. The zero-order chi connectivity index (χ0) is 11.1. The Morgan fingerprint density at radius 1 is 1.40 bits per heavy atom. The number of piperidine rings is 1. The molecule has 3 aliphatic rings. The van der Waals surface area contributed by atoms with Gasteiger partial charge in [0.1, 0.15) is 0 Å². The van der Waals surface area contributed by atoms with Gasteiger partial charge in [-0.25, -0.2) is 0 Å². The van der Waals surface area contributed by atoms with Gasteiger partial charge >= 0.3 is 6.18 Å². The highest BCUT2D eigenvalue weighted by Gasteiger charge is 2.41. The molecule has 2 saturated heterocycles. The second-order valence-electron chi connectivity index (χ2n) is 4.16. The number of alkyl halides is 3. The molecule has 2 unspecified atom stereocenters. The summed E-state index contributed by atoms with van der Waals surface area (Å²) < 4.78 is 35.3. The minimum atomic E-state index is -4.29. The van der Waals surface area contributed by atoms with E-state index in [2.05, 4.69) is 14.9 Å². The average Bonchev–Trinajstić information content (AvgIpc) is 2.15. The first kappa shape index (κ1) is 10.7. The molecule has 0 radical (unpaired) electrons. The maximum atomic E-state index is 11.8. The van der Waals surface area contributed by atoms with Crippen molar-refractivity contribution in [3.63, 3.8) is 0 Å². The summed E-state index contributed by atoms with van der Waals surface area (Å²) in [5.41, 5.74) is 0.763. The summed E-state index contributed by atoms with van der Waals surface area (Å²) in [5, 5.41) is 3.55. The molecule has 1 aliphatic carbocycles. The molecule has 3 fully saturated rings. The summed E-state index contributed by atoms with van der Waals surface area (Å²) >= 11 is 0. The monoisotopic (exact) mass is 222 g/mol. The lowest BCUT2D eigenvalue weighted by Gasteiger charge is -2.50. The van der Waals surface area contributed by atoms with E-state index in [1.54, 1.807) is 0 Å². The van der Waals surface area contributed by atoms with Crippen molar-refractivity contribution >= 4 is 5.71 Å². The summed E-state index contributed by atoms with van der Waals surface area (Å²) in [6.07, 6.45) is -1.68. The Morgan fingerprint density at radius 2 is 2.00 bits per heavy atom. The van der Waals surface area contributed by atoms with Crippen LogP contribution in [-0.4, -0.2) is 42.5 Å². The zero-order valence-electron chi connectivity index (χ0n) is 8.42. The van der Waals surface area contributed by atoms with Crippen LogP contribution in [0.2, 0.25) is 0 Å².